The Morgan fingerprint density at radius 2 is 2.10 bits per heavy atom. The summed E-state index contributed by atoms with van der Waals surface area (Å²) in [5.74, 6) is 2.68. The second kappa shape index (κ2) is 3.70. The van der Waals surface area contributed by atoms with Crippen LogP contribution in [0.2, 0.25) is 0 Å². The summed E-state index contributed by atoms with van der Waals surface area (Å²) in [4.78, 5) is 13.0. The highest BCUT2D eigenvalue weighted by molar-refractivity contribution is 5.95. The number of carbonyl (C=O) groups excluding carboxylic acids is 1. The summed E-state index contributed by atoms with van der Waals surface area (Å²) in [6, 6.07) is 0. The topological polar surface area (TPSA) is 59.8 Å². The lowest BCUT2D eigenvalue weighted by atomic mass is 9.70. The van der Waals surface area contributed by atoms with Gasteiger partial charge in [0.2, 0.25) is 0 Å². The molecule has 0 unspecified atom stereocenters. The second-order valence-corrected chi connectivity index (χ2v) is 7.34. The molecule has 4 rings (SSSR count). The van der Waals surface area contributed by atoms with Crippen LogP contribution in [0.5, 0.6) is 0 Å². The standard InChI is InChI=1S/C15H22N4O/c1-14(2)9-4-5-15(14,3)12(20)11(9)13-18-17-10-8-16-6-7-19(10)13/h9,11,16H,4-8H2,1-3H3/t9-,11+,15+/m1/s1. The lowest BCUT2D eigenvalue weighted by Crippen LogP contribution is -2.34. The highest BCUT2D eigenvalue weighted by Crippen LogP contribution is 2.67. The van der Waals surface area contributed by atoms with Gasteiger partial charge in [-0.1, -0.05) is 20.8 Å². The molecule has 3 aliphatic rings. The van der Waals surface area contributed by atoms with Gasteiger partial charge in [-0.25, -0.2) is 0 Å². The molecule has 0 saturated heterocycles. The minimum absolute atomic E-state index is 0.0388. The van der Waals surface area contributed by atoms with Crippen molar-refractivity contribution in [1.82, 2.24) is 20.1 Å². The highest BCUT2D eigenvalue weighted by Gasteiger charge is 2.67. The molecule has 20 heavy (non-hydrogen) atoms. The molecule has 3 atom stereocenters. The summed E-state index contributed by atoms with van der Waals surface area (Å²) in [6.45, 7) is 9.26. The molecule has 1 N–H and O–H groups in total. The number of Topliss-reactive ketones (excluding diaryl/α,β-unsaturated/α-hetero) is 1. The van der Waals surface area contributed by atoms with Crippen molar-refractivity contribution in [3.05, 3.63) is 11.6 Å². The molecular formula is C15H22N4O. The molecule has 5 heteroatoms. The van der Waals surface area contributed by atoms with Gasteiger partial charge in [-0.3, -0.25) is 4.79 Å². The van der Waals surface area contributed by atoms with E-state index in [0.29, 0.717) is 11.7 Å². The SMILES string of the molecule is CC1(C)[C@@H]2CC[C@@]1(C)C(=O)[C@H]2c1nnc2n1CCNC2. The number of nitrogens with one attached hydrogen (secondary N) is 1. The largest absolute Gasteiger partial charge is 0.312 e. The Hall–Kier alpha value is -1.23. The first-order chi connectivity index (χ1) is 9.47. The molecule has 1 aromatic heterocycles. The van der Waals surface area contributed by atoms with Crippen molar-refractivity contribution in [2.75, 3.05) is 6.54 Å². The van der Waals surface area contributed by atoms with Crippen molar-refractivity contribution in [2.24, 2.45) is 16.7 Å². The van der Waals surface area contributed by atoms with Crippen LogP contribution in [0.3, 0.4) is 0 Å². The minimum atomic E-state index is -0.179. The van der Waals surface area contributed by atoms with E-state index in [2.05, 4.69) is 40.9 Å². The zero-order valence-corrected chi connectivity index (χ0v) is 12.4. The molecule has 5 nitrogen and oxygen atoms in total. The van der Waals surface area contributed by atoms with Gasteiger partial charge >= 0.3 is 0 Å². The molecule has 2 bridgehead atoms. The van der Waals surface area contributed by atoms with Crippen LogP contribution in [0.25, 0.3) is 0 Å². The maximum Gasteiger partial charge on any atom is 0.150 e. The Labute approximate surface area is 119 Å². The summed E-state index contributed by atoms with van der Waals surface area (Å²) in [5.41, 5.74) is -0.101. The predicted molar refractivity (Wildman–Crippen MR) is 74.1 cm³/mol. The molecule has 2 saturated carbocycles. The summed E-state index contributed by atoms with van der Waals surface area (Å²) in [6.07, 6.45) is 2.17. The van der Waals surface area contributed by atoms with E-state index in [4.69, 9.17) is 0 Å². The summed E-state index contributed by atoms with van der Waals surface area (Å²) in [5, 5.41) is 12.0. The first-order valence-corrected chi connectivity index (χ1v) is 7.64. The fourth-order valence-corrected chi connectivity index (χ4v) is 4.73. The van der Waals surface area contributed by atoms with Crippen LogP contribution in [-0.4, -0.2) is 27.1 Å². The lowest BCUT2D eigenvalue weighted by molar-refractivity contribution is -0.129. The van der Waals surface area contributed by atoms with E-state index in [1.165, 1.54) is 0 Å². The number of nitrogens with zero attached hydrogens (tertiary/aromatic N) is 3. The Morgan fingerprint density at radius 1 is 1.30 bits per heavy atom. The van der Waals surface area contributed by atoms with Crippen LogP contribution in [0.1, 0.15) is 51.2 Å². The monoisotopic (exact) mass is 274 g/mol. The van der Waals surface area contributed by atoms with E-state index in [1.54, 1.807) is 0 Å². The lowest BCUT2D eigenvalue weighted by Gasteiger charge is -2.32. The Balaban J connectivity index is 1.81. The number of ketones is 1. The van der Waals surface area contributed by atoms with Gasteiger partial charge in [0.1, 0.15) is 17.4 Å². The van der Waals surface area contributed by atoms with E-state index >= 15 is 0 Å². The summed E-state index contributed by atoms with van der Waals surface area (Å²) >= 11 is 0. The van der Waals surface area contributed by atoms with E-state index in [-0.39, 0.29) is 16.7 Å². The van der Waals surface area contributed by atoms with Crippen molar-refractivity contribution in [2.45, 2.75) is 52.6 Å². The summed E-state index contributed by atoms with van der Waals surface area (Å²) in [7, 11) is 0. The number of rotatable bonds is 1. The molecule has 2 heterocycles. The third-order valence-electron chi connectivity index (χ3n) is 6.46. The Bertz CT molecular complexity index is 591. The Morgan fingerprint density at radius 3 is 2.80 bits per heavy atom. The van der Waals surface area contributed by atoms with Crippen molar-refractivity contribution < 1.29 is 4.79 Å². The van der Waals surface area contributed by atoms with Crippen molar-refractivity contribution in [3.63, 3.8) is 0 Å². The third-order valence-corrected chi connectivity index (χ3v) is 6.46. The van der Waals surface area contributed by atoms with Crippen LogP contribution in [-0.2, 0) is 17.9 Å². The van der Waals surface area contributed by atoms with Crippen LogP contribution < -0.4 is 5.32 Å². The average Bonchev–Trinajstić information content (AvgIpc) is 2.98. The number of hydrogen-bond acceptors (Lipinski definition) is 4. The van der Waals surface area contributed by atoms with Gasteiger partial charge in [-0.15, -0.1) is 10.2 Å². The molecule has 0 amide bonds. The molecule has 2 aliphatic carbocycles. The molecule has 1 aromatic rings. The molecule has 0 aromatic carbocycles. The van der Waals surface area contributed by atoms with Crippen LogP contribution >= 0.6 is 0 Å². The van der Waals surface area contributed by atoms with Crippen LogP contribution in [0.4, 0.5) is 0 Å². The van der Waals surface area contributed by atoms with Gasteiger partial charge in [-0.2, -0.15) is 0 Å². The highest BCUT2D eigenvalue weighted by atomic mass is 16.1. The second-order valence-electron chi connectivity index (χ2n) is 7.34. The molecule has 0 radical (unpaired) electrons. The molecule has 2 fully saturated rings. The van der Waals surface area contributed by atoms with Crippen LogP contribution in [0, 0.1) is 16.7 Å². The van der Waals surface area contributed by atoms with Crippen molar-refractivity contribution in [1.29, 1.82) is 0 Å². The smallest absolute Gasteiger partial charge is 0.150 e. The number of aromatic nitrogens is 3. The van der Waals surface area contributed by atoms with E-state index in [0.717, 1.165) is 44.1 Å². The van der Waals surface area contributed by atoms with Gasteiger partial charge in [0.25, 0.3) is 0 Å². The quantitative estimate of drug-likeness (QED) is 0.843. The van der Waals surface area contributed by atoms with Gasteiger partial charge in [0, 0.05) is 18.5 Å². The van der Waals surface area contributed by atoms with E-state index in [1.807, 2.05) is 0 Å². The maximum absolute atomic E-state index is 13.0. The fraction of sp³-hybridized carbons (Fsp3) is 0.800. The average molecular weight is 274 g/mol. The van der Waals surface area contributed by atoms with E-state index in [9.17, 15) is 4.79 Å². The van der Waals surface area contributed by atoms with Crippen LogP contribution in [0.15, 0.2) is 0 Å². The first kappa shape index (κ1) is 12.5. The molecule has 1 aliphatic heterocycles. The molecule has 0 spiro atoms. The fourth-order valence-electron chi connectivity index (χ4n) is 4.73. The van der Waals surface area contributed by atoms with E-state index < -0.39 is 0 Å². The minimum Gasteiger partial charge on any atom is -0.312 e. The van der Waals surface area contributed by atoms with Crippen molar-refractivity contribution in [3.8, 4) is 0 Å². The molecule has 108 valence electrons. The molecular weight excluding hydrogens is 252 g/mol. The van der Waals surface area contributed by atoms with Crippen molar-refractivity contribution >= 4 is 5.78 Å². The predicted octanol–water partition coefficient (Wildman–Crippen LogP) is 1.49. The number of fused-ring (bicyclic) bond motifs is 3. The van der Waals surface area contributed by atoms with Gasteiger partial charge in [-0.05, 0) is 24.2 Å². The summed E-state index contributed by atoms with van der Waals surface area (Å²) < 4.78 is 2.18. The van der Waals surface area contributed by atoms with Gasteiger partial charge in [0.15, 0.2) is 0 Å². The van der Waals surface area contributed by atoms with Gasteiger partial charge < -0.3 is 9.88 Å². The maximum atomic E-state index is 13.0. The first-order valence-electron chi connectivity index (χ1n) is 7.64. The zero-order valence-electron chi connectivity index (χ0n) is 12.4. The normalized spacial score (nSPS) is 38.2. The zero-order chi connectivity index (χ0) is 14.1. The third kappa shape index (κ3) is 1.25. The number of hydrogen-bond donors (Lipinski definition) is 1. The Kier molecular flexibility index (Phi) is 2.31. The number of carbonyl (C=O) groups is 1. The van der Waals surface area contributed by atoms with Gasteiger partial charge in [0.05, 0.1) is 12.5 Å².